The van der Waals surface area contributed by atoms with Crippen molar-refractivity contribution in [2.45, 2.75) is 29.6 Å². The maximum atomic E-state index is 15.2. The molecule has 3 heterocycles. The summed E-state index contributed by atoms with van der Waals surface area (Å²) in [6.45, 7) is 3.53. The highest BCUT2D eigenvalue weighted by Gasteiger charge is 2.74. The number of aliphatic hydroxyl groups excluding tert-OH is 1. The average molecular weight is 726 g/mol. The van der Waals surface area contributed by atoms with Gasteiger partial charge >= 0.3 is 12.0 Å². The highest BCUT2D eigenvalue weighted by atomic mass is 16.6. The third kappa shape index (κ3) is 6.23. The predicted molar refractivity (Wildman–Crippen MR) is 200 cm³/mol. The van der Waals surface area contributed by atoms with Crippen LogP contribution in [0.1, 0.15) is 46.0 Å². The molecule has 54 heavy (non-hydrogen) atoms. The van der Waals surface area contributed by atoms with Crippen molar-refractivity contribution in [1.29, 1.82) is 0 Å². The summed E-state index contributed by atoms with van der Waals surface area (Å²) in [5.74, 6) is 3.24. The number of anilines is 1. The number of ether oxygens (including phenoxy) is 2. The van der Waals surface area contributed by atoms with Gasteiger partial charge in [-0.3, -0.25) is 19.3 Å². The van der Waals surface area contributed by atoms with E-state index in [4.69, 9.17) is 15.2 Å². The second-order valence-corrected chi connectivity index (χ2v) is 13.1. The molecule has 6 atom stereocenters. The van der Waals surface area contributed by atoms with Gasteiger partial charge in [0.15, 0.2) is 0 Å². The number of rotatable bonds is 10. The predicted octanol–water partition coefficient (Wildman–Crippen LogP) is 3.65. The van der Waals surface area contributed by atoms with Crippen LogP contribution < -0.4 is 26.4 Å². The molecule has 1 spiro atoms. The lowest BCUT2D eigenvalue weighted by Gasteiger charge is -2.46. The quantitative estimate of drug-likeness (QED) is 0.0937. The summed E-state index contributed by atoms with van der Waals surface area (Å²) in [6, 6.07) is 27.6. The van der Waals surface area contributed by atoms with Crippen molar-refractivity contribution in [2.24, 2.45) is 11.7 Å². The van der Waals surface area contributed by atoms with Crippen LogP contribution in [0.15, 0.2) is 116 Å². The van der Waals surface area contributed by atoms with Crippen molar-refractivity contribution < 1.29 is 33.8 Å². The zero-order chi connectivity index (χ0) is 37.8. The Labute approximate surface area is 312 Å². The van der Waals surface area contributed by atoms with Gasteiger partial charge in [-0.2, -0.15) is 0 Å². The van der Waals surface area contributed by atoms with Gasteiger partial charge in [0, 0.05) is 23.4 Å². The van der Waals surface area contributed by atoms with Crippen molar-refractivity contribution in [3.63, 3.8) is 0 Å². The first kappa shape index (κ1) is 36.0. The lowest BCUT2D eigenvalue weighted by atomic mass is 9.65. The van der Waals surface area contributed by atoms with Gasteiger partial charge in [0.05, 0.1) is 31.2 Å². The normalized spacial score (nSPS) is 23.9. The van der Waals surface area contributed by atoms with E-state index in [0.717, 1.165) is 11.1 Å². The van der Waals surface area contributed by atoms with E-state index in [0.29, 0.717) is 28.1 Å². The van der Waals surface area contributed by atoms with Gasteiger partial charge in [0.1, 0.15) is 29.9 Å². The number of urea groups is 1. The summed E-state index contributed by atoms with van der Waals surface area (Å²) >= 11 is 0. The van der Waals surface area contributed by atoms with E-state index in [9.17, 15) is 19.5 Å². The number of carbonyl (C=O) groups excluding carboxylic acids is 4. The van der Waals surface area contributed by atoms with E-state index in [1.54, 1.807) is 30.3 Å². The monoisotopic (exact) mass is 725 g/mol. The van der Waals surface area contributed by atoms with Crippen LogP contribution in [0.2, 0.25) is 0 Å². The van der Waals surface area contributed by atoms with Gasteiger partial charge < -0.3 is 36.3 Å². The number of para-hydroxylation sites is 1. The number of nitrogens with two attached hydrogens (primary N) is 1. The molecule has 2 fully saturated rings. The first-order valence-corrected chi connectivity index (χ1v) is 17.6. The molecule has 4 aromatic rings. The molecule has 12 heteroatoms. The zero-order valence-electron chi connectivity index (χ0n) is 29.2. The van der Waals surface area contributed by atoms with Crippen molar-refractivity contribution in [3.8, 4) is 17.6 Å². The molecular weight excluding hydrogens is 686 g/mol. The molecule has 0 aromatic heterocycles. The number of primary amides is 1. The molecule has 3 aliphatic heterocycles. The molecule has 12 nitrogen and oxygen atoms in total. The second kappa shape index (κ2) is 15.3. The van der Waals surface area contributed by atoms with Crippen LogP contribution in [0.3, 0.4) is 0 Å². The summed E-state index contributed by atoms with van der Waals surface area (Å²) in [7, 11) is 0. The second-order valence-electron chi connectivity index (χ2n) is 13.1. The maximum Gasteiger partial charge on any atom is 0.324 e. The maximum absolute atomic E-state index is 15.2. The third-order valence-corrected chi connectivity index (χ3v) is 10.2. The fourth-order valence-corrected chi connectivity index (χ4v) is 8.20. The van der Waals surface area contributed by atoms with Gasteiger partial charge in [-0.25, -0.2) is 4.79 Å². The number of fused-ring (bicyclic) bond motifs is 3. The van der Waals surface area contributed by atoms with E-state index in [-0.39, 0.29) is 26.3 Å². The molecule has 1 unspecified atom stereocenters. The molecule has 7 rings (SSSR count). The van der Waals surface area contributed by atoms with Gasteiger partial charge in [0.25, 0.3) is 0 Å². The van der Waals surface area contributed by atoms with Crippen molar-refractivity contribution in [3.05, 3.63) is 144 Å². The molecular formula is C42H39N5O7. The highest BCUT2D eigenvalue weighted by molar-refractivity contribution is 6.12. The summed E-state index contributed by atoms with van der Waals surface area (Å²) in [5.41, 5.74) is 6.92. The molecule has 0 aliphatic carbocycles. The highest BCUT2D eigenvalue weighted by Crippen LogP contribution is 2.65. The SMILES string of the molecule is C=CCNC(=O)[C@@H]1[C@H]2C(=O)O[C@H](c3ccccc3)C(c3ccccc3)N2[C@H](c2ccccc2OCCO)[C@@]12C(=O)Nc1ccc(C#CCNC(N)=O)cc12. The number of morpholine rings is 1. The lowest BCUT2D eigenvalue weighted by Crippen LogP contribution is -2.54. The first-order chi connectivity index (χ1) is 26.3. The molecule has 6 N–H and O–H groups in total. The largest absolute Gasteiger partial charge is 0.491 e. The molecule has 3 aliphatic rings. The lowest BCUT2D eigenvalue weighted by molar-refractivity contribution is -0.178. The Balaban J connectivity index is 1.55. The first-order valence-electron chi connectivity index (χ1n) is 17.6. The van der Waals surface area contributed by atoms with Gasteiger partial charge in [-0.1, -0.05) is 96.8 Å². The van der Waals surface area contributed by atoms with Crippen LogP contribution in [0, 0.1) is 17.8 Å². The fraction of sp³-hybridized carbons (Fsp3) is 0.238. The summed E-state index contributed by atoms with van der Waals surface area (Å²) in [4.78, 5) is 58.0. The van der Waals surface area contributed by atoms with Crippen LogP contribution >= 0.6 is 0 Å². The number of benzene rings is 4. The molecule has 2 saturated heterocycles. The van der Waals surface area contributed by atoms with Crippen molar-refractivity contribution in [1.82, 2.24) is 15.5 Å². The number of nitrogens with zero attached hydrogens (tertiary/aromatic N) is 1. The number of hydrogen-bond acceptors (Lipinski definition) is 8. The van der Waals surface area contributed by atoms with Gasteiger partial charge in [-0.15, -0.1) is 6.58 Å². The molecule has 274 valence electrons. The Kier molecular flexibility index (Phi) is 10.2. The van der Waals surface area contributed by atoms with E-state index in [2.05, 4.69) is 34.4 Å². The third-order valence-electron chi connectivity index (χ3n) is 10.2. The van der Waals surface area contributed by atoms with Crippen LogP contribution in [-0.4, -0.2) is 66.2 Å². The van der Waals surface area contributed by atoms with Crippen LogP contribution in [0.25, 0.3) is 0 Å². The smallest absolute Gasteiger partial charge is 0.324 e. The van der Waals surface area contributed by atoms with Crippen LogP contribution in [0.4, 0.5) is 10.5 Å². The van der Waals surface area contributed by atoms with E-state index >= 15 is 4.79 Å². The molecule has 4 aromatic carbocycles. The Bertz CT molecular complexity index is 2150. The minimum Gasteiger partial charge on any atom is -0.491 e. The van der Waals surface area contributed by atoms with Crippen LogP contribution in [-0.2, 0) is 24.5 Å². The van der Waals surface area contributed by atoms with Gasteiger partial charge in [0.2, 0.25) is 11.8 Å². The fourth-order valence-electron chi connectivity index (χ4n) is 8.20. The minimum atomic E-state index is -1.76. The molecule has 0 saturated carbocycles. The summed E-state index contributed by atoms with van der Waals surface area (Å²) in [5, 5.41) is 18.2. The summed E-state index contributed by atoms with van der Waals surface area (Å²) < 4.78 is 12.6. The number of cyclic esters (lactones) is 1. The Hall–Kier alpha value is -6.42. The molecule has 4 amide bonds. The van der Waals surface area contributed by atoms with Crippen molar-refractivity contribution >= 4 is 29.5 Å². The number of nitrogens with one attached hydrogen (secondary N) is 3. The Morgan fingerprint density at radius 1 is 0.963 bits per heavy atom. The van der Waals surface area contributed by atoms with E-state index in [1.165, 1.54) is 6.08 Å². The molecule has 0 radical (unpaired) electrons. The van der Waals surface area contributed by atoms with Crippen LogP contribution in [0.5, 0.6) is 5.75 Å². The number of amides is 4. The number of aliphatic hydroxyl groups is 1. The standard InChI is InChI=1S/C42H39N5O7/c1-2-21-44-38(49)33-35-39(50)54-36(28-15-7-4-8-16-28)34(27-13-5-3-6-14-27)47(35)37(29-17-9-10-18-32(29)53-24-23-48)42(33)30-25-26(12-11-22-45-41(43)52)19-20-31(30)46-40(42)51/h2-10,13-20,25,33-37,48H,1,21-24H2,(H,44,49)(H,46,51)(H3,43,45,52)/t33-,34?,35-,36+,37+,42-/m0/s1. The molecule has 0 bridgehead atoms. The zero-order valence-corrected chi connectivity index (χ0v) is 29.2. The number of hydrogen-bond donors (Lipinski definition) is 5. The summed E-state index contributed by atoms with van der Waals surface area (Å²) in [6.07, 6.45) is 0.692. The van der Waals surface area contributed by atoms with E-state index in [1.807, 2.05) is 77.7 Å². The van der Waals surface area contributed by atoms with Gasteiger partial charge in [-0.05, 0) is 41.0 Å². The number of carbonyl (C=O) groups is 4. The topological polar surface area (TPSA) is 172 Å². The Morgan fingerprint density at radius 3 is 2.37 bits per heavy atom. The number of esters is 1. The van der Waals surface area contributed by atoms with Crippen molar-refractivity contribution in [2.75, 3.05) is 31.6 Å². The average Bonchev–Trinajstić information content (AvgIpc) is 3.66. The van der Waals surface area contributed by atoms with E-state index < -0.39 is 59.4 Å². The Morgan fingerprint density at radius 2 is 1.67 bits per heavy atom. The minimum absolute atomic E-state index is 0.0131.